The number of hydrogen-bond acceptors (Lipinski definition) is 2. The summed E-state index contributed by atoms with van der Waals surface area (Å²) >= 11 is 0. The summed E-state index contributed by atoms with van der Waals surface area (Å²) in [6.45, 7) is 0.372. The molecule has 3 amide bonds. The second-order valence-electron chi connectivity index (χ2n) is 4.77. The normalized spacial score (nSPS) is 16.4. The molecule has 4 heteroatoms. The summed E-state index contributed by atoms with van der Waals surface area (Å²) in [7, 11) is 0. The van der Waals surface area contributed by atoms with Gasteiger partial charge in [0.15, 0.2) is 0 Å². The fourth-order valence-corrected chi connectivity index (χ4v) is 2.23. The Morgan fingerprint density at radius 1 is 0.905 bits per heavy atom. The molecular formula is C17H14N2O2. The summed E-state index contributed by atoms with van der Waals surface area (Å²) in [5.74, 6) is -0.361. The van der Waals surface area contributed by atoms with Gasteiger partial charge in [0, 0.05) is 0 Å². The molecule has 21 heavy (non-hydrogen) atoms. The minimum absolute atomic E-state index is 0.361. The van der Waals surface area contributed by atoms with Crippen LogP contribution in [0.4, 0.5) is 4.79 Å². The van der Waals surface area contributed by atoms with Crippen molar-refractivity contribution in [3.63, 3.8) is 0 Å². The number of rotatable bonds is 3. The molecule has 0 aromatic heterocycles. The molecule has 3 rings (SSSR count). The lowest BCUT2D eigenvalue weighted by atomic mass is 10.1. The van der Waals surface area contributed by atoms with Crippen molar-refractivity contribution in [3.8, 4) is 0 Å². The molecule has 2 aromatic rings. The van der Waals surface area contributed by atoms with Crippen molar-refractivity contribution >= 4 is 18.0 Å². The topological polar surface area (TPSA) is 49.4 Å². The van der Waals surface area contributed by atoms with Crippen LogP contribution >= 0.6 is 0 Å². The van der Waals surface area contributed by atoms with Crippen LogP contribution in [-0.2, 0) is 11.3 Å². The van der Waals surface area contributed by atoms with Gasteiger partial charge in [-0.15, -0.1) is 0 Å². The second kappa shape index (κ2) is 5.63. The maximum absolute atomic E-state index is 11.9. The van der Waals surface area contributed by atoms with Crippen LogP contribution in [0.25, 0.3) is 6.08 Å². The molecule has 1 aliphatic heterocycles. The van der Waals surface area contributed by atoms with Gasteiger partial charge in [0.1, 0.15) is 5.70 Å². The monoisotopic (exact) mass is 278 g/mol. The minimum Gasteiger partial charge on any atom is -0.284 e. The Morgan fingerprint density at radius 3 is 2.19 bits per heavy atom. The van der Waals surface area contributed by atoms with Crippen molar-refractivity contribution in [1.82, 2.24) is 10.2 Å². The lowest BCUT2D eigenvalue weighted by Gasteiger charge is -2.15. The third-order valence-corrected chi connectivity index (χ3v) is 3.28. The first-order chi connectivity index (χ1) is 10.2. The highest BCUT2D eigenvalue weighted by Gasteiger charge is 2.32. The fraction of sp³-hybridized carbons (Fsp3) is 0.0588. The Labute approximate surface area is 122 Å². The van der Waals surface area contributed by atoms with Gasteiger partial charge >= 0.3 is 6.03 Å². The van der Waals surface area contributed by atoms with Gasteiger partial charge in [0.2, 0.25) is 0 Å². The first-order valence-corrected chi connectivity index (χ1v) is 6.67. The van der Waals surface area contributed by atoms with Gasteiger partial charge in [-0.05, 0) is 17.2 Å². The van der Waals surface area contributed by atoms with E-state index >= 15 is 0 Å². The van der Waals surface area contributed by atoms with Crippen LogP contribution in [-0.4, -0.2) is 16.8 Å². The predicted octanol–water partition coefficient (Wildman–Crippen LogP) is 2.78. The van der Waals surface area contributed by atoms with E-state index in [2.05, 4.69) is 5.32 Å². The highest BCUT2D eigenvalue weighted by molar-refractivity contribution is 6.13. The standard InChI is InChI=1S/C17H14N2O2/c20-16-15(11-13-7-3-1-4-8-13)19(17(21)18-16)12-14-9-5-2-6-10-14/h1-11H,12H2,(H,18,20,21)/b15-11+. The van der Waals surface area contributed by atoms with E-state index in [0.29, 0.717) is 12.2 Å². The third-order valence-electron chi connectivity index (χ3n) is 3.28. The highest BCUT2D eigenvalue weighted by atomic mass is 16.2. The fourth-order valence-electron chi connectivity index (χ4n) is 2.23. The van der Waals surface area contributed by atoms with Gasteiger partial charge in [-0.1, -0.05) is 60.7 Å². The molecule has 2 aromatic carbocycles. The number of urea groups is 1. The molecule has 0 radical (unpaired) electrons. The first-order valence-electron chi connectivity index (χ1n) is 6.67. The van der Waals surface area contributed by atoms with E-state index in [4.69, 9.17) is 0 Å². The van der Waals surface area contributed by atoms with Gasteiger partial charge in [0.25, 0.3) is 5.91 Å². The summed E-state index contributed by atoms with van der Waals surface area (Å²) in [5, 5.41) is 2.34. The molecule has 0 bridgehead atoms. The Balaban J connectivity index is 1.91. The lowest BCUT2D eigenvalue weighted by molar-refractivity contribution is -0.116. The highest BCUT2D eigenvalue weighted by Crippen LogP contribution is 2.19. The number of carbonyl (C=O) groups excluding carboxylic acids is 2. The summed E-state index contributed by atoms with van der Waals surface area (Å²) in [6, 6.07) is 18.7. The number of hydrogen-bond donors (Lipinski definition) is 1. The maximum atomic E-state index is 11.9. The minimum atomic E-state index is -0.383. The van der Waals surface area contributed by atoms with Crippen molar-refractivity contribution in [2.45, 2.75) is 6.54 Å². The Kier molecular flexibility index (Phi) is 3.51. The predicted molar refractivity (Wildman–Crippen MR) is 79.9 cm³/mol. The molecule has 0 atom stereocenters. The molecule has 4 nitrogen and oxygen atoms in total. The Morgan fingerprint density at radius 2 is 1.52 bits per heavy atom. The molecule has 1 heterocycles. The Bertz CT molecular complexity index is 693. The smallest absolute Gasteiger partial charge is 0.284 e. The van der Waals surface area contributed by atoms with Crippen LogP contribution < -0.4 is 5.32 Å². The number of amides is 3. The molecule has 0 aliphatic carbocycles. The van der Waals surface area contributed by atoms with Crippen LogP contribution in [0.3, 0.4) is 0 Å². The number of nitrogens with one attached hydrogen (secondary N) is 1. The lowest BCUT2D eigenvalue weighted by Crippen LogP contribution is -2.27. The quantitative estimate of drug-likeness (QED) is 0.693. The SMILES string of the molecule is O=C1NC(=O)N(Cc2ccccc2)/C1=C/c1ccccc1. The molecule has 0 spiro atoms. The number of benzene rings is 2. The van der Waals surface area contributed by atoms with Crippen molar-refractivity contribution < 1.29 is 9.59 Å². The van der Waals surface area contributed by atoms with E-state index < -0.39 is 0 Å². The van der Waals surface area contributed by atoms with E-state index in [1.54, 1.807) is 6.08 Å². The van der Waals surface area contributed by atoms with Crippen LogP contribution in [0.15, 0.2) is 66.4 Å². The van der Waals surface area contributed by atoms with Gasteiger partial charge in [-0.2, -0.15) is 0 Å². The zero-order valence-electron chi connectivity index (χ0n) is 11.3. The molecule has 1 N–H and O–H groups in total. The van der Waals surface area contributed by atoms with Crippen molar-refractivity contribution in [2.24, 2.45) is 0 Å². The summed E-state index contributed by atoms with van der Waals surface area (Å²) in [5.41, 5.74) is 2.23. The zero-order chi connectivity index (χ0) is 14.7. The van der Waals surface area contributed by atoms with Crippen LogP contribution in [0.2, 0.25) is 0 Å². The van der Waals surface area contributed by atoms with Crippen molar-refractivity contribution in [2.75, 3.05) is 0 Å². The van der Waals surface area contributed by atoms with Gasteiger partial charge in [-0.25, -0.2) is 4.79 Å². The summed E-state index contributed by atoms with van der Waals surface area (Å²) in [6.07, 6.45) is 1.73. The molecule has 0 unspecified atom stereocenters. The van der Waals surface area contributed by atoms with Gasteiger partial charge < -0.3 is 0 Å². The van der Waals surface area contributed by atoms with Crippen molar-refractivity contribution in [1.29, 1.82) is 0 Å². The number of imide groups is 1. The van der Waals surface area contributed by atoms with E-state index in [1.165, 1.54) is 4.90 Å². The van der Waals surface area contributed by atoms with Crippen LogP contribution in [0, 0.1) is 0 Å². The first kappa shape index (κ1) is 13.1. The van der Waals surface area contributed by atoms with Crippen LogP contribution in [0.5, 0.6) is 0 Å². The second-order valence-corrected chi connectivity index (χ2v) is 4.77. The molecule has 1 aliphatic rings. The van der Waals surface area contributed by atoms with Crippen LogP contribution in [0.1, 0.15) is 11.1 Å². The van der Waals surface area contributed by atoms with E-state index in [1.807, 2.05) is 60.7 Å². The molecule has 104 valence electrons. The van der Waals surface area contributed by atoms with E-state index in [9.17, 15) is 9.59 Å². The summed E-state index contributed by atoms with van der Waals surface area (Å²) in [4.78, 5) is 25.4. The number of carbonyl (C=O) groups is 2. The molecule has 0 saturated carbocycles. The molecular weight excluding hydrogens is 264 g/mol. The summed E-state index contributed by atoms with van der Waals surface area (Å²) < 4.78 is 0. The van der Waals surface area contributed by atoms with Crippen molar-refractivity contribution in [3.05, 3.63) is 77.5 Å². The van der Waals surface area contributed by atoms with E-state index in [-0.39, 0.29) is 11.9 Å². The van der Waals surface area contributed by atoms with Gasteiger partial charge in [-0.3, -0.25) is 15.0 Å². The molecule has 1 saturated heterocycles. The average molecular weight is 278 g/mol. The molecule has 1 fully saturated rings. The zero-order valence-corrected chi connectivity index (χ0v) is 11.3. The average Bonchev–Trinajstić information content (AvgIpc) is 2.76. The third kappa shape index (κ3) is 2.84. The van der Waals surface area contributed by atoms with E-state index in [0.717, 1.165) is 11.1 Å². The number of nitrogens with zero attached hydrogens (tertiary/aromatic N) is 1. The largest absolute Gasteiger partial charge is 0.329 e. The van der Waals surface area contributed by atoms with Gasteiger partial charge in [0.05, 0.1) is 6.54 Å². The Hall–Kier alpha value is -2.88. The maximum Gasteiger partial charge on any atom is 0.329 e.